The summed E-state index contributed by atoms with van der Waals surface area (Å²) in [6.07, 6.45) is 5.77. The van der Waals surface area contributed by atoms with Crippen molar-refractivity contribution in [3.8, 4) is 5.75 Å². The molecule has 1 aliphatic heterocycles. The molecule has 37 heavy (non-hydrogen) atoms. The molecule has 1 saturated heterocycles. The lowest BCUT2D eigenvalue weighted by Gasteiger charge is -2.42. The molecule has 8 nitrogen and oxygen atoms in total. The molecular weight excluding hydrogens is 468 g/mol. The van der Waals surface area contributed by atoms with Crippen molar-refractivity contribution < 1.29 is 19.1 Å². The second-order valence-electron chi connectivity index (χ2n) is 10.1. The van der Waals surface area contributed by atoms with Gasteiger partial charge >= 0.3 is 6.03 Å². The van der Waals surface area contributed by atoms with Crippen molar-refractivity contribution in [1.29, 1.82) is 0 Å². The van der Waals surface area contributed by atoms with E-state index in [4.69, 9.17) is 4.74 Å². The lowest BCUT2D eigenvalue weighted by atomic mass is 9.87. The summed E-state index contributed by atoms with van der Waals surface area (Å²) in [5, 5.41) is 5.69. The molecular formula is C29H38N4O4. The van der Waals surface area contributed by atoms with E-state index in [-0.39, 0.29) is 23.8 Å². The van der Waals surface area contributed by atoms with E-state index in [2.05, 4.69) is 10.6 Å². The van der Waals surface area contributed by atoms with Gasteiger partial charge in [0.2, 0.25) is 11.8 Å². The molecule has 2 atom stereocenters. The number of amides is 4. The molecule has 8 heteroatoms. The van der Waals surface area contributed by atoms with E-state index in [9.17, 15) is 14.4 Å². The standard InChI is InChI=1S/C29H38N4O4/c1-21-20-32(17-18-33(21)27(34)23-11-7-4-8-12-23)28(35)26(19-22-9-5-3-6-10-22)31-29(36)30-24-13-15-25(37-2)16-14-24/h3,5-6,9-10,13-16,21,23,26H,4,7-8,11-12,17-20H2,1-2H3,(H2,30,31,36). The van der Waals surface area contributed by atoms with Crippen LogP contribution < -0.4 is 15.4 Å². The molecule has 4 rings (SSSR count). The molecule has 2 fully saturated rings. The highest BCUT2D eigenvalue weighted by molar-refractivity contribution is 5.94. The highest BCUT2D eigenvalue weighted by atomic mass is 16.5. The maximum atomic E-state index is 13.7. The maximum Gasteiger partial charge on any atom is 0.319 e. The fraction of sp³-hybridized carbons (Fsp3) is 0.483. The van der Waals surface area contributed by atoms with Crippen LogP contribution in [0.3, 0.4) is 0 Å². The van der Waals surface area contributed by atoms with Crippen molar-refractivity contribution in [3.63, 3.8) is 0 Å². The smallest absolute Gasteiger partial charge is 0.319 e. The van der Waals surface area contributed by atoms with E-state index in [1.807, 2.05) is 42.2 Å². The number of carbonyl (C=O) groups is 3. The topological polar surface area (TPSA) is 91.0 Å². The van der Waals surface area contributed by atoms with E-state index in [1.165, 1.54) is 6.42 Å². The van der Waals surface area contributed by atoms with Gasteiger partial charge in [-0.25, -0.2) is 4.79 Å². The molecule has 0 spiro atoms. The Labute approximate surface area is 219 Å². The van der Waals surface area contributed by atoms with Gasteiger partial charge in [-0.2, -0.15) is 0 Å². The third-order valence-corrected chi connectivity index (χ3v) is 7.41. The minimum absolute atomic E-state index is 0.0578. The average Bonchev–Trinajstić information content (AvgIpc) is 2.93. The third-order valence-electron chi connectivity index (χ3n) is 7.41. The largest absolute Gasteiger partial charge is 0.497 e. The summed E-state index contributed by atoms with van der Waals surface area (Å²) in [7, 11) is 1.58. The van der Waals surface area contributed by atoms with E-state index in [0.717, 1.165) is 31.2 Å². The van der Waals surface area contributed by atoms with Crippen LogP contribution >= 0.6 is 0 Å². The Morgan fingerprint density at radius 1 is 0.973 bits per heavy atom. The fourth-order valence-electron chi connectivity index (χ4n) is 5.34. The van der Waals surface area contributed by atoms with E-state index in [1.54, 1.807) is 36.3 Å². The number of hydrogen-bond acceptors (Lipinski definition) is 4. The summed E-state index contributed by atoms with van der Waals surface area (Å²) >= 11 is 0. The molecule has 1 heterocycles. The minimum Gasteiger partial charge on any atom is -0.497 e. The Morgan fingerprint density at radius 3 is 2.32 bits per heavy atom. The van der Waals surface area contributed by atoms with Crippen molar-refractivity contribution in [2.24, 2.45) is 5.92 Å². The first-order valence-electron chi connectivity index (χ1n) is 13.3. The lowest BCUT2D eigenvalue weighted by molar-refractivity contribution is -0.146. The fourth-order valence-corrected chi connectivity index (χ4v) is 5.34. The van der Waals surface area contributed by atoms with Crippen molar-refractivity contribution in [2.75, 3.05) is 32.1 Å². The molecule has 2 aliphatic rings. The van der Waals surface area contributed by atoms with Crippen LogP contribution in [0.4, 0.5) is 10.5 Å². The molecule has 2 aromatic carbocycles. The molecule has 2 N–H and O–H groups in total. The van der Waals surface area contributed by atoms with Gasteiger partial charge in [0.05, 0.1) is 7.11 Å². The first kappa shape index (κ1) is 26.5. The Kier molecular flexibility index (Phi) is 9.04. The number of rotatable bonds is 7. The number of ether oxygens (including phenoxy) is 1. The van der Waals surface area contributed by atoms with Crippen molar-refractivity contribution >= 4 is 23.5 Å². The number of nitrogens with one attached hydrogen (secondary N) is 2. The molecule has 0 bridgehead atoms. The van der Waals surface area contributed by atoms with Crippen LogP contribution in [-0.4, -0.2) is 66.5 Å². The number of methoxy groups -OCH3 is 1. The number of benzene rings is 2. The lowest BCUT2D eigenvalue weighted by Crippen LogP contribution is -2.60. The molecule has 1 saturated carbocycles. The zero-order valence-corrected chi connectivity index (χ0v) is 21.8. The zero-order chi connectivity index (χ0) is 26.2. The van der Waals surface area contributed by atoms with Gasteiger partial charge in [0.15, 0.2) is 0 Å². The predicted octanol–water partition coefficient (Wildman–Crippen LogP) is 4.07. The van der Waals surface area contributed by atoms with Crippen LogP contribution in [0.2, 0.25) is 0 Å². The van der Waals surface area contributed by atoms with E-state index < -0.39 is 12.1 Å². The normalized spacial score (nSPS) is 19.1. The number of piperazine rings is 1. The first-order chi connectivity index (χ1) is 17.9. The van der Waals surface area contributed by atoms with Crippen LogP contribution in [0.5, 0.6) is 5.75 Å². The monoisotopic (exact) mass is 506 g/mol. The summed E-state index contributed by atoms with van der Waals surface area (Å²) in [6.45, 7) is 3.47. The van der Waals surface area contributed by atoms with Gasteiger partial charge in [0.25, 0.3) is 0 Å². The number of carbonyl (C=O) groups excluding carboxylic acids is 3. The van der Waals surface area contributed by atoms with Crippen molar-refractivity contribution in [1.82, 2.24) is 15.1 Å². The minimum atomic E-state index is -0.728. The second-order valence-corrected chi connectivity index (χ2v) is 10.1. The zero-order valence-electron chi connectivity index (χ0n) is 21.8. The summed E-state index contributed by atoms with van der Waals surface area (Å²) in [6, 6.07) is 15.5. The van der Waals surface area contributed by atoms with Crippen LogP contribution in [-0.2, 0) is 16.0 Å². The van der Waals surface area contributed by atoms with Gasteiger partial charge < -0.3 is 25.2 Å². The molecule has 1 aliphatic carbocycles. The predicted molar refractivity (Wildman–Crippen MR) is 143 cm³/mol. The van der Waals surface area contributed by atoms with Crippen molar-refractivity contribution in [3.05, 3.63) is 60.2 Å². The summed E-state index contributed by atoms with van der Waals surface area (Å²) in [5.74, 6) is 0.911. The van der Waals surface area contributed by atoms with Crippen LogP contribution in [0.1, 0.15) is 44.6 Å². The third kappa shape index (κ3) is 7.02. The molecule has 198 valence electrons. The summed E-state index contributed by atoms with van der Waals surface area (Å²) in [5.41, 5.74) is 1.57. The number of anilines is 1. The van der Waals surface area contributed by atoms with Crippen LogP contribution in [0, 0.1) is 5.92 Å². The highest BCUT2D eigenvalue weighted by Gasteiger charge is 2.36. The van der Waals surface area contributed by atoms with Gasteiger partial charge in [-0.05, 0) is 49.6 Å². The van der Waals surface area contributed by atoms with Crippen LogP contribution in [0.15, 0.2) is 54.6 Å². The average molecular weight is 507 g/mol. The Hall–Kier alpha value is -3.55. The molecule has 0 aromatic heterocycles. The van der Waals surface area contributed by atoms with Crippen molar-refractivity contribution in [2.45, 2.75) is 57.5 Å². The van der Waals surface area contributed by atoms with Gasteiger partial charge in [-0.1, -0.05) is 49.6 Å². The maximum absolute atomic E-state index is 13.7. The van der Waals surface area contributed by atoms with Gasteiger partial charge in [-0.15, -0.1) is 0 Å². The highest BCUT2D eigenvalue weighted by Crippen LogP contribution is 2.27. The van der Waals surface area contributed by atoms with Gasteiger partial charge in [0, 0.05) is 43.7 Å². The Balaban J connectivity index is 1.41. The molecule has 4 amide bonds. The summed E-state index contributed by atoms with van der Waals surface area (Å²) < 4.78 is 5.17. The number of hydrogen-bond donors (Lipinski definition) is 2. The summed E-state index contributed by atoms with van der Waals surface area (Å²) in [4.78, 5) is 43.4. The quantitative estimate of drug-likeness (QED) is 0.592. The SMILES string of the molecule is COc1ccc(NC(=O)NC(Cc2ccccc2)C(=O)N2CCN(C(=O)C3CCCCC3)C(C)C2)cc1. The first-order valence-corrected chi connectivity index (χ1v) is 13.3. The Morgan fingerprint density at radius 2 is 1.68 bits per heavy atom. The second kappa shape index (κ2) is 12.6. The van der Waals surface area contributed by atoms with E-state index in [0.29, 0.717) is 37.5 Å². The molecule has 2 unspecified atom stereocenters. The number of urea groups is 1. The van der Waals surface area contributed by atoms with E-state index >= 15 is 0 Å². The van der Waals surface area contributed by atoms with Gasteiger partial charge in [-0.3, -0.25) is 9.59 Å². The Bertz CT molecular complexity index is 1050. The van der Waals surface area contributed by atoms with Gasteiger partial charge in [0.1, 0.15) is 11.8 Å². The number of nitrogens with zero attached hydrogens (tertiary/aromatic N) is 2. The molecule has 0 radical (unpaired) electrons. The molecule has 2 aromatic rings. The van der Waals surface area contributed by atoms with Crippen LogP contribution in [0.25, 0.3) is 0 Å².